The summed E-state index contributed by atoms with van der Waals surface area (Å²) in [6.45, 7) is 5.74. The van der Waals surface area contributed by atoms with E-state index in [1.807, 2.05) is 12.3 Å². The average molecular weight is 456 g/mol. The number of aromatic nitrogens is 1. The zero-order valence-corrected chi connectivity index (χ0v) is 19.4. The van der Waals surface area contributed by atoms with Gasteiger partial charge in [0.05, 0.1) is 23.5 Å². The van der Waals surface area contributed by atoms with Crippen molar-refractivity contribution in [3.8, 4) is 0 Å². The zero-order valence-electron chi connectivity index (χ0n) is 18.6. The lowest BCUT2D eigenvalue weighted by Gasteiger charge is -2.32. The minimum Gasteiger partial charge on any atom is -0.468 e. The van der Waals surface area contributed by atoms with Crippen molar-refractivity contribution in [3.05, 3.63) is 80.8 Å². The van der Waals surface area contributed by atoms with Crippen LogP contribution in [0.2, 0.25) is 0 Å². The SMILES string of the molecule is CO/C(=N\c1cc(C)ccc1C)N1CCC(c2nc(Cc3c(F)cccc3F)cs2)CC1. The van der Waals surface area contributed by atoms with Gasteiger partial charge < -0.3 is 9.64 Å². The molecule has 0 atom stereocenters. The second kappa shape index (κ2) is 9.77. The monoisotopic (exact) mass is 455 g/mol. The number of hydrogen-bond acceptors (Lipinski definition) is 4. The molecule has 1 aliphatic rings. The van der Waals surface area contributed by atoms with E-state index in [1.165, 1.54) is 23.8 Å². The molecule has 0 saturated carbocycles. The lowest BCUT2D eigenvalue weighted by Crippen LogP contribution is -2.38. The maximum Gasteiger partial charge on any atom is 0.292 e. The molecule has 2 heterocycles. The molecule has 0 aliphatic carbocycles. The highest BCUT2D eigenvalue weighted by Crippen LogP contribution is 2.32. The molecule has 0 N–H and O–H groups in total. The van der Waals surface area contributed by atoms with Gasteiger partial charge in [0, 0.05) is 36.4 Å². The third kappa shape index (κ3) is 4.99. The van der Waals surface area contributed by atoms with Gasteiger partial charge in [-0.1, -0.05) is 18.2 Å². The second-order valence-electron chi connectivity index (χ2n) is 8.20. The van der Waals surface area contributed by atoms with Crippen molar-refractivity contribution < 1.29 is 13.5 Å². The third-order valence-electron chi connectivity index (χ3n) is 5.87. The Kier molecular flexibility index (Phi) is 6.84. The van der Waals surface area contributed by atoms with Gasteiger partial charge in [0.2, 0.25) is 0 Å². The van der Waals surface area contributed by atoms with Gasteiger partial charge in [-0.15, -0.1) is 11.3 Å². The van der Waals surface area contributed by atoms with Crippen molar-refractivity contribution in [3.63, 3.8) is 0 Å². The van der Waals surface area contributed by atoms with Crippen LogP contribution in [0, 0.1) is 25.5 Å². The standard InChI is InChI=1S/C25H27F2N3OS/c1-16-7-8-17(2)23(13-16)29-25(31-3)30-11-9-18(10-12-30)24-28-19(15-32-24)14-20-21(26)5-4-6-22(20)27/h4-8,13,15,18H,9-12,14H2,1-3H3/b29-25-. The summed E-state index contributed by atoms with van der Waals surface area (Å²) < 4.78 is 33.5. The van der Waals surface area contributed by atoms with E-state index >= 15 is 0 Å². The third-order valence-corrected chi connectivity index (χ3v) is 6.92. The van der Waals surface area contributed by atoms with Gasteiger partial charge in [0.15, 0.2) is 0 Å². The van der Waals surface area contributed by atoms with Crippen LogP contribution in [-0.2, 0) is 11.2 Å². The number of thiazole rings is 1. The number of aryl methyl sites for hydroxylation is 2. The van der Waals surface area contributed by atoms with Crippen LogP contribution in [-0.4, -0.2) is 36.1 Å². The van der Waals surface area contributed by atoms with Crippen molar-refractivity contribution in [2.45, 2.75) is 39.0 Å². The number of hydrogen-bond donors (Lipinski definition) is 0. The van der Waals surface area contributed by atoms with E-state index < -0.39 is 11.6 Å². The van der Waals surface area contributed by atoms with E-state index in [1.54, 1.807) is 18.4 Å². The zero-order chi connectivity index (χ0) is 22.7. The van der Waals surface area contributed by atoms with Gasteiger partial charge >= 0.3 is 0 Å². The highest BCUT2D eigenvalue weighted by Gasteiger charge is 2.26. The topological polar surface area (TPSA) is 37.7 Å². The number of nitrogens with zero attached hydrogens (tertiary/aromatic N) is 3. The van der Waals surface area contributed by atoms with E-state index in [-0.39, 0.29) is 12.0 Å². The first-order chi connectivity index (χ1) is 15.4. The first-order valence-electron chi connectivity index (χ1n) is 10.8. The molecule has 0 unspecified atom stereocenters. The van der Waals surface area contributed by atoms with Crippen LogP contribution >= 0.6 is 11.3 Å². The first-order valence-corrected chi connectivity index (χ1v) is 11.6. The number of likely N-dealkylation sites (tertiary alicyclic amines) is 1. The highest BCUT2D eigenvalue weighted by molar-refractivity contribution is 7.09. The molecule has 2 aromatic carbocycles. The molecule has 7 heteroatoms. The molecule has 1 aromatic heterocycles. The molecule has 3 aromatic rings. The van der Waals surface area contributed by atoms with Crippen LogP contribution in [0.4, 0.5) is 14.5 Å². The van der Waals surface area contributed by atoms with Gasteiger partial charge in [0.1, 0.15) is 11.6 Å². The number of benzene rings is 2. The molecular weight excluding hydrogens is 428 g/mol. The Hall–Kier alpha value is -2.80. The normalized spacial score (nSPS) is 15.3. The van der Waals surface area contributed by atoms with Gasteiger partial charge in [-0.05, 0) is 56.0 Å². The Labute approximate surface area is 191 Å². The smallest absolute Gasteiger partial charge is 0.292 e. The molecule has 0 bridgehead atoms. The molecule has 1 saturated heterocycles. The molecule has 0 amide bonds. The first kappa shape index (κ1) is 22.4. The maximum atomic E-state index is 14.0. The van der Waals surface area contributed by atoms with Crippen LogP contribution in [0.3, 0.4) is 0 Å². The Balaban J connectivity index is 1.41. The van der Waals surface area contributed by atoms with Crippen molar-refractivity contribution in [1.29, 1.82) is 0 Å². The molecule has 1 aliphatic heterocycles. The van der Waals surface area contributed by atoms with E-state index in [2.05, 4.69) is 30.0 Å². The number of aliphatic imine (C=N–C) groups is 1. The van der Waals surface area contributed by atoms with E-state index in [9.17, 15) is 8.78 Å². The van der Waals surface area contributed by atoms with Crippen molar-refractivity contribution in [2.24, 2.45) is 4.99 Å². The molecule has 4 rings (SSSR count). The predicted octanol–water partition coefficient (Wildman–Crippen LogP) is 6.14. The molecule has 4 nitrogen and oxygen atoms in total. The summed E-state index contributed by atoms with van der Waals surface area (Å²) in [7, 11) is 1.66. The maximum absolute atomic E-state index is 14.0. The summed E-state index contributed by atoms with van der Waals surface area (Å²) in [5.41, 5.74) is 3.99. The summed E-state index contributed by atoms with van der Waals surface area (Å²) in [5, 5.41) is 2.94. The molecule has 32 heavy (non-hydrogen) atoms. The summed E-state index contributed by atoms with van der Waals surface area (Å²) in [6.07, 6.45) is 2.02. The molecule has 0 spiro atoms. The summed E-state index contributed by atoms with van der Waals surface area (Å²) in [5.74, 6) is -0.722. The fraction of sp³-hybridized carbons (Fsp3) is 0.360. The van der Waals surface area contributed by atoms with E-state index in [0.717, 1.165) is 42.2 Å². The number of amidine groups is 1. The van der Waals surface area contributed by atoms with Crippen molar-refractivity contribution in [1.82, 2.24) is 9.88 Å². The van der Waals surface area contributed by atoms with Crippen LogP contribution in [0.1, 0.15) is 46.2 Å². The Bertz CT molecular complexity index is 1100. The van der Waals surface area contributed by atoms with Gasteiger partial charge in [-0.25, -0.2) is 13.8 Å². The van der Waals surface area contributed by atoms with Crippen molar-refractivity contribution in [2.75, 3.05) is 20.2 Å². The lowest BCUT2D eigenvalue weighted by molar-refractivity contribution is 0.239. The van der Waals surface area contributed by atoms with E-state index in [0.29, 0.717) is 17.6 Å². The molecule has 168 valence electrons. The van der Waals surface area contributed by atoms with Crippen LogP contribution in [0.25, 0.3) is 0 Å². The Morgan fingerprint density at radius 3 is 2.56 bits per heavy atom. The number of piperidine rings is 1. The van der Waals surface area contributed by atoms with Gasteiger partial charge in [-0.3, -0.25) is 0 Å². The average Bonchev–Trinajstić information content (AvgIpc) is 3.26. The van der Waals surface area contributed by atoms with Gasteiger partial charge in [-0.2, -0.15) is 4.99 Å². The Morgan fingerprint density at radius 2 is 1.88 bits per heavy atom. The summed E-state index contributed by atoms with van der Waals surface area (Å²) >= 11 is 1.57. The fourth-order valence-electron chi connectivity index (χ4n) is 3.98. The van der Waals surface area contributed by atoms with Crippen LogP contribution < -0.4 is 0 Å². The lowest BCUT2D eigenvalue weighted by atomic mass is 9.98. The van der Waals surface area contributed by atoms with E-state index in [4.69, 9.17) is 14.7 Å². The fourth-order valence-corrected chi connectivity index (χ4v) is 4.97. The molecular formula is C25H27F2N3OS. The minimum atomic E-state index is -0.525. The van der Waals surface area contributed by atoms with Crippen LogP contribution in [0.5, 0.6) is 0 Å². The molecule has 1 fully saturated rings. The number of ether oxygens (including phenoxy) is 1. The second-order valence-corrected chi connectivity index (χ2v) is 9.09. The van der Waals surface area contributed by atoms with Crippen molar-refractivity contribution >= 4 is 23.0 Å². The Morgan fingerprint density at radius 1 is 1.16 bits per heavy atom. The largest absolute Gasteiger partial charge is 0.468 e. The van der Waals surface area contributed by atoms with Gasteiger partial charge in [0.25, 0.3) is 6.02 Å². The highest BCUT2D eigenvalue weighted by atomic mass is 32.1. The van der Waals surface area contributed by atoms with Crippen LogP contribution in [0.15, 0.2) is 46.8 Å². The number of methoxy groups -OCH3 is 1. The molecule has 0 radical (unpaired) electrons. The quantitative estimate of drug-likeness (QED) is 0.350. The number of halogens is 2. The summed E-state index contributed by atoms with van der Waals surface area (Å²) in [6, 6.07) is 10.8. The number of rotatable bonds is 4. The predicted molar refractivity (Wildman–Crippen MR) is 125 cm³/mol. The minimum absolute atomic E-state index is 0.0755. The summed E-state index contributed by atoms with van der Waals surface area (Å²) in [4.78, 5) is 11.6.